The van der Waals surface area contributed by atoms with Gasteiger partial charge in [0.05, 0.1) is 11.2 Å². The Morgan fingerprint density at radius 1 is 1.00 bits per heavy atom. The molecule has 0 radical (unpaired) electrons. The van der Waals surface area contributed by atoms with Gasteiger partial charge in [0.2, 0.25) is 5.91 Å². The summed E-state index contributed by atoms with van der Waals surface area (Å²) in [5.41, 5.74) is 1.58. The number of hydrogen-bond acceptors (Lipinski definition) is 4. The quantitative estimate of drug-likeness (QED) is 0.353. The molecule has 2 aromatic carbocycles. The first-order valence-electron chi connectivity index (χ1n) is 16.6. The van der Waals surface area contributed by atoms with Gasteiger partial charge in [-0.25, -0.2) is 0 Å². The van der Waals surface area contributed by atoms with Crippen LogP contribution < -0.4 is 10.2 Å². The zero-order valence-electron chi connectivity index (χ0n) is 27.6. The maximum absolute atomic E-state index is 13.6. The van der Waals surface area contributed by atoms with E-state index in [1.54, 1.807) is 0 Å². The molecule has 1 aliphatic carbocycles. The molecular formula is C36H47F3N4O3. The van der Waals surface area contributed by atoms with Crippen LogP contribution in [0.25, 0.3) is 0 Å². The molecule has 0 unspecified atom stereocenters. The first kappa shape index (κ1) is 34.1. The van der Waals surface area contributed by atoms with E-state index in [1.165, 1.54) is 19.1 Å². The summed E-state index contributed by atoms with van der Waals surface area (Å²) in [6.45, 7) is 11.6. The molecule has 1 saturated heterocycles. The highest BCUT2D eigenvalue weighted by Crippen LogP contribution is 2.39. The van der Waals surface area contributed by atoms with E-state index < -0.39 is 23.2 Å². The molecule has 0 bridgehead atoms. The predicted molar refractivity (Wildman–Crippen MR) is 174 cm³/mol. The number of nitrogens with zero attached hydrogens (tertiary/aromatic N) is 3. The number of alkyl halides is 3. The van der Waals surface area contributed by atoms with E-state index in [0.717, 1.165) is 68.2 Å². The van der Waals surface area contributed by atoms with Crippen LogP contribution in [0, 0.1) is 18.8 Å². The van der Waals surface area contributed by atoms with E-state index in [2.05, 4.69) is 38.3 Å². The third kappa shape index (κ3) is 7.82. The summed E-state index contributed by atoms with van der Waals surface area (Å²) in [6, 6.07) is 10.0. The van der Waals surface area contributed by atoms with Gasteiger partial charge in [0.15, 0.2) is 0 Å². The number of rotatable bonds is 7. The molecule has 1 saturated carbocycles. The highest BCUT2D eigenvalue weighted by atomic mass is 19.4. The summed E-state index contributed by atoms with van der Waals surface area (Å²) in [5, 5.41) is 13.5. The Hall–Kier alpha value is -3.24. The molecule has 2 aromatic rings. The number of aryl methyl sites for hydroxylation is 1. The number of benzene rings is 2. The summed E-state index contributed by atoms with van der Waals surface area (Å²) in [6.07, 6.45) is 0.594. The second-order valence-corrected chi connectivity index (χ2v) is 14.2. The molecule has 0 spiro atoms. The molecule has 2 fully saturated rings. The molecule has 46 heavy (non-hydrogen) atoms. The SMILES string of the molecule is Cc1ccc(C(=O)N=C2Cc3ccc(CN4CCC(C(C)(C)O)CC4)cc3N2C2CCC(C(=O)NC(C)C)CC2)cc1C(F)(F)F. The summed E-state index contributed by atoms with van der Waals surface area (Å²) >= 11 is 0. The van der Waals surface area contributed by atoms with Crippen molar-refractivity contribution in [2.75, 3.05) is 18.0 Å². The smallest absolute Gasteiger partial charge is 0.390 e. The maximum atomic E-state index is 13.6. The lowest BCUT2D eigenvalue weighted by Crippen LogP contribution is -2.44. The average molecular weight is 641 g/mol. The molecule has 2 aliphatic heterocycles. The van der Waals surface area contributed by atoms with E-state index >= 15 is 0 Å². The van der Waals surface area contributed by atoms with Crippen molar-refractivity contribution < 1.29 is 27.9 Å². The van der Waals surface area contributed by atoms with Crippen molar-refractivity contribution >= 4 is 23.3 Å². The first-order valence-corrected chi connectivity index (χ1v) is 16.6. The van der Waals surface area contributed by atoms with Gasteiger partial charge >= 0.3 is 6.18 Å². The first-order chi connectivity index (χ1) is 21.6. The van der Waals surface area contributed by atoms with Crippen LogP contribution in [0.5, 0.6) is 0 Å². The van der Waals surface area contributed by atoms with Crippen LogP contribution in [0.4, 0.5) is 18.9 Å². The lowest BCUT2D eigenvalue weighted by Gasteiger charge is -2.38. The highest BCUT2D eigenvalue weighted by Gasteiger charge is 2.37. The summed E-state index contributed by atoms with van der Waals surface area (Å²) in [4.78, 5) is 35.1. The van der Waals surface area contributed by atoms with Crippen LogP contribution in [0.1, 0.15) is 98.8 Å². The summed E-state index contributed by atoms with van der Waals surface area (Å²) in [7, 11) is 0. The minimum atomic E-state index is -4.57. The fourth-order valence-corrected chi connectivity index (χ4v) is 7.27. The van der Waals surface area contributed by atoms with Crippen LogP contribution in [0.2, 0.25) is 0 Å². The number of nitrogens with one attached hydrogen (secondary N) is 1. The van der Waals surface area contributed by atoms with Gasteiger partial charge in [0, 0.05) is 42.2 Å². The molecule has 10 heteroatoms. The Morgan fingerprint density at radius 3 is 2.28 bits per heavy atom. The van der Waals surface area contributed by atoms with Gasteiger partial charge < -0.3 is 15.3 Å². The van der Waals surface area contributed by atoms with E-state index in [0.29, 0.717) is 25.1 Å². The molecule has 2 N–H and O–H groups in total. The number of aliphatic hydroxyl groups is 1. The maximum Gasteiger partial charge on any atom is 0.416 e. The number of aliphatic imine (C=N–C) groups is 1. The average Bonchev–Trinajstić information content (AvgIpc) is 3.33. The molecule has 2 heterocycles. The van der Waals surface area contributed by atoms with Gasteiger partial charge in [-0.2, -0.15) is 18.2 Å². The Kier molecular flexibility index (Phi) is 9.99. The highest BCUT2D eigenvalue weighted by molar-refractivity contribution is 6.13. The van der Waals surface area contributed by atoms with Crippen molar-refractivity contribution in [2.24, 2.45) is 16.8 Å². The lowest BCUT2D eigenvalue weighted by molar-refractivity contribution is -0.138. The van der Waals surface area contributed by atoms with E-state index in [1.807, 2.05) is 27.7 Å². The number of hydrogen-bond donors (Lipinski definition) is 2. The summed E-state index contributed by atoms with van der Waals surface area (Å²) < 4.78 is 40.9. The predicted octanol–water partition coefficient (Wildman–Crippen LogP) is 6.68. The second-order valence-electron chi connectivity index (χ2n) is 14.2. The van der Waals surface area contributed by atoms with Gasteiger partial charge in [0.1, 0.15) is 5.84 Å². The van der Waals surface area contributed by atoms with Crippen molar-refractivity contribution in [3.05, 3.63) is 64.2 Å². The fourth-order valence-electron chi connectivity index (χ4n) is 7.27. The number of fused-ring (bicyclic) bond motifs is 1. The zero-order chi connectivity index (χ0) is 33.4. The van der Waals surface area contributed by atoms with Crippen molar-refractivity contribution in [3.8, 4) is 0 Å². The van der Waals surface area contributed by atoms with Gasteiger partial charge in [-0.15, -0.1) is 0 Å². The van der Waals surface area contributed by atoms with Crippen molar-refractivity contribution in [1.29, 1.82) is 0 Å². The van der Waals surface area contributed by atoms with Crippen molar-refractivity contribution in [1.82, 2.24) is 10.2 Å². The van der Waals surface area contributed by atoms with Gasteiger partial charge in [0.25, 0.3) is 5.91 Å². The second kappa shape index (κ2) is 13.5. The van der Waals surface area contributed by atoms with Crippen LogP contribution >= 0.6 is 0 Å². The minimum absolute atomic E-state index is 0.0115. The van der Waals surface area contributed by atoms with Crippen LogP contribution in [-0.4, -0.2) is 58.4 Å². The molecule has 0 atom stereocenters. The van der Waals surface area contributed by atoms with Crippen molar-refractivity contribution in [2.45, 2.75) is 110 Å². The topological polar surface area (TPSA) is 85.2 Å². The van der Waals surface area contributed by atoms with Crippen molar-refractivity contribution in [3.63, 3.8) is 0 Å². The normalized spacial score (nSPS) is 22.4. The molecule has 250 valence electrons. The number of carbonyl (C=O) groups is 2. The van der Waals surface area contributed by atoms with E-state index in [-0.39, 0.29) is 41.0 Å². The number of piperidine rings is 1. The standard InChI is InChI=1S/C36H47F3N4O3/c1-22(2)40-33(44)25-10-12-29(13-11-25)43-31-18-24(21-42-16-14-28(15-17-42)35(4,5)46)7-9-26(31)20-32(43)41-34(45)27-8-6-23(3)30(19-27)36(37,38)39/h6-9,18-19,22,25,28-29,46H,10-17,20-21H2,1-5H3,(H,40,44). The van der Waals surface area contributed by atoms with Crippen LogP contribution in [0.3, 0.4) is 0 Å². The monoisotopic (exact) mass is 640 g/mol. The Bertz CT molecular complexity index is 1460. The van der Waals surface area contributed by atoms with Gasteiger partial charge in [-0.1, -0.05) is 18.2 Å². The number of amidine groups is 1. The molecule has 5 rings (SSSR count). The van der Waals surface area contributed by atoms with Crippen LogP contribution in [0.15, 0.2) is 41.4 Å². The number of likely N-dealkylation sites (tertiary alicyclic amines) is 1. The largest absolute Gasteiger partial charge is 0.416 e. The number of amides is 2. The lowest BCUT2D eigenvalue weighted by atomic mass is 9.83. The molecule has 7 nitrogen and oxygen atoms in total. The number of carbonyl (C=O) groups excluding carboxylic acids is 2. The zero-order valence-corrected chi connectivity index (χ0v) is 27.6. The number of halogens is 3. The van der Waals surface area contributed by atoms with E-state index in [4.69, 9.17) is 0 Å². The minimum Gasteiger partial charge on any atom is -0.390 e. The fraction of sp³-hybridized carbons (Fsp3) is 0.583. The van der Waals surface area contributed by atoms with Crippen LogP contribution in [-0.2, 0) is 23.9 Å². The van der Waals surface area contributed by atoms with Gasteiger partial charge in [-0.05, 0) is 127 Å². The Morgan fingerprint density at radius 2 is 1.67 bits per heavy atom. The molecule has 3 aliphatic rings. The van der Waals surface area contributed by atoms with Gasteiger partial charge in [-0.3, -0.25) is 14.5 Å². The number of anilines is 1. The summed E-state index contributed by atoms with van der Waals surface area (Å²) in [5.74, 6) is 0.101. The van der Waals surface area contributed by atoms with E-state index in [9.17, 15) is 27.9 Å². The molecule has 0 aromatic heterocycles. The molecule has 2 amide bonds. The molecular weight excluding hydrogens is 593 g/mol. The third-order valence-corrected chi connectivity index (χ3v) is 9.91. The third-order valence-electron chi connectivity index (χ3n) is 9.91. The Labute approximate surface area is 270 Å². The Balaban J connectivity index is 1.40.